The molecule has 0 aromatic heterocycles. The first-order valence-electron chi connectivity index (χ1n) is 5.36. The number of nitrogens with one attached hydrogen (secondary N) is 1. The van der Waals surface area contributed by atoms with Crippen molar-refractivity contribution in [2.45, 2.75) is 6.92 Å². The fourth-order valence-corrected chi connectivity index (χ4v) is 1.63. The Morgan fingerprint density at radius 1 is 1.59 bits per heavy atom. The number of carbonyl (C=O) groups is 1. The van der Waals surface area contributed by atoms with Gasteiger partial charge >= 0.3 is 0 Å². The van der Waals surface area contributed by atoms with E-state index in [2.05, 4.69) is 12.2 Å². The quantitative estimate of drug-likeness (QED) is 0.820. The van der Waals surface area contributed by atoms with Crippen LogP contribution in [0.4, 0.5) is 5.69 Å². The summed E-state index contributed by atoms with van der Waals surface area (Å²) in [6, 6.07) is 4.92. The lowest BCUT2D eigenvalue weighted by Gasteiger charge is -2.14. The number of methoxy groups -OCH3 is 1. The first kappa shape index (κ1) is 13.8. The summed E-state index contributed by atoms with van der Waals surface area (Å²) in [7, 11) is 1.66. The number of hydrogen-bond donors (Lipinski definition) is 2. The molecule has 0 aliphatic rings. The predicted molar refractivity (Wildman–Crippen MR) is 69.5 cm³/mol. The van der Waals surface area contributed by atoms with Gasteiger partial charge in [-0.05, 0) is 24.1 Å². The Kier molecular flexibility index (Phi) is 5.25. The highest BCUT2D eigenvalue weighted by Gasteiger charge is 2.07. The van der Waals surface area contributed by atoms with Gasteiger partial charge in [-0.25, -0.2) is 0 Å². The molecule has 0 aliphatic heterocycles. The van der Waals surface area contributed by atoms with Crippen LogP contribution < -0.4 is 11.1 Å². The minimum atomic E-state index is -0.463. The van der Waals surface area contributed by atoms with Gasteiger partial charge in [0.2, 0.25) is 5.91 Å². The highest BCUT2D eigenvalue weighted by molar-refractivity contribution is 6.33. The Morgan fingerprint density at radius 3 is 2.88 bits per heavy atom. The van der Waals surface area contributed by atoms with Crippen LogP contribution in [-0.2, 0) is 4.74 Å². The molecule has 1 unspecified atom stereocenters. The molecule has 0 radical (unpaired) electrons. The van der Waals surface area contributed by atoms with Crippen LogP contribution in [0, 0.1) is 5.92 Å². The molecule has 94 valence electrons. The molecule has 0 heterocycles. The number of carbonyl (C=O) groups excluding carboxylic acids is 1. The zero-order valence-electron chi connectivity index (χ0n) is 10.00. The Hall–Kier alpha value is -1.26. The van der Waals surface area contributed by atoms with Crippen molar-refractivity contribution in [1.82, 2.24) is 0 Å². The molecule has 0 bridgehead atoms. The van der Waals surface area contributed by atoms with E-state index in [4.69, 9.17) is 22.1 Å². The van der Waals surface area contributed by atoms with E-state index in [1.165, 1.54) is 0 Å². The van der Waals surface area contributed by atoms with E-state index in [0.29, 0.717) is 28.8 Å². The third-order valence-electron chi connectivity index (χ3n) is 2.34. The molecule has 3 N–H and O–H groups in total. The summed E-state index contributed by atoms with van der Waals surface area (Å²) in [5.74, 6) is -0.108. The first-order chi connectivity index (χ1) is 8.04. The molecule has 17 heavy (non-hydrogen) atoms. The lowest BCUT2D eigenvalue weighted by atomic mass is 10.1. The smallest absolute Gasteiger partial charge is 0.248 e. The van der Waals surface area contributed by atoms with E-state index in [9.17, 15) is 4.79 Å². The number of primary amides is 1. The van der Waals surface area contributed by atoms with Gasteiger partial charge in [-0.1, -0.05) is 18.5 Å². The number of anilines is 1. The zero-order chi connectivity index (χ0) is 12.8. The predicted octanol–water partition coefficient (Wildman–Crippen LogP) is 2.13. The molecule has 0 fully saturated rings. The van der Waals surface area contributed by atoms with Crippen LogP contribution in [0.15, 0.2) is 18.2 Å². The molecule has 0 saturated carbocycles. The molecular weight excluding hydrogens is 240 g/mol. The second-order valence-electron chi connectivity index (χ2n) is 4.00. The van der Waals surface area contributed by atoms with E-state index in [-0.39, 0.29) is 0 Å². The summed E-state index contributed by atoms with van der Waals surface area (Å²) >= 11 is 6.02. The fraction of sp³-hybridized carbons (Fsp3) is 0.417. The van der Waals surface area contributed by atoms with Gasteiger partial charge in [-0.2, -0.15) is 0 Å². The standard InChI is InChI=1S/C12H17ClN2O2/c1-8(7-17-2)6-15-11-5-9(12(14)16)3-4-10(11)13/h3-5,8,15H,6-7H2,1-2H3,(H2,14,16). The van der Waals surface area contributed by atoms with Crippen molar-refractivity contribution in [3.05, 3.63) is 28.8 Å². The molecular formula is C12H17ClN2O2. The van der Waals surface area contributed by atoms with Gasteiger partial charge in [-0.15, -0.1) is 0 Å². The van der Waals surface area contributed by atoms with Crippen molar-refractivity contribution in [2.24, 2.45) is 11.7 Å². The number of amides is 1. The summed E-state index contributed by atoms with van der Waals surface area (Å²) in [4.78, 5) is 11.0. The first-order valence-corrected chi connectivity index (χ1v) is 5.74. The van der Waals surface area contributed by atoms with Crippen molar-refractivity contribution in [2.75, 3.05) is 25.6 Å². The average molecular weight is 257 g/mol. The molecule has 1 rings (SSSR count). The maximum absolute atomic E-state index is 11.0. The van der Waals surface area contributed by atoms with Gasteiger partial charge in [-0.3, -0.25) is 4.79 Å². The monoisotopic (exact) mass is 256 g/mol. The van der Waals surface area contributed by atoms with Crippen LogP contribution in [0.1, 0.15) is 17.3 Å². The van der Waals surface area contributed by atoms with Crippen molar-refractivity contribution in [1.29, 1.82) is 0 Å². The highest BCUT2D eigenvalue weighted by Crippen LogP contribution is 2.23. The van der Waals surface area contributed by atoms with Crippen molar-refractivity contribution in [3.63, 3.8) is 0 Å². The Balaban J connectivity index is 2.69. The SMILES string of the molecule is COCC(C)CNc1cc(C(N)=O)ccc1Cl. The van der Waals surface area contributed by atoms with Gasteiger partial charge in [0.15, 0.2) is 0 Å². The van der Waals surface area contributed by atoms with E-state index >= 15 is 0 Å². The highest BCUT2D eigenvalue weighted by atomic mass is 35.5. The van der Waals surface area contributed by atoms with Crippen LogP contribution in [0.25, 0.3) is 0 Å². The van der Waals surface area contributed by atoms with E-state index in [0.717, 1.165) is 6.54 Å². The summed E-state index contributed by atoms with van der Waals surface area (Å²) in [6.45, 7) is 3.44. The van der Waals surface area contributed by atoms with Crippen LogP contribution in [0.5, 0.6) is 0 Å². The summed E-state index contributed by atoms with van der Waals surface area (Å²) < 4.78 is 5.04. The summed E-state index contributed by atoms with van der Waals surface area (Å²) in [5, 5.41) is 3.74. The van der Waals surface area contributed by atoms with Gasteiger partial charge in [0.1, 0.15) is 0 Å². The number of rotatable bonds is 6. The van der Waals surface area contributed by atoms with Crippen LogP contribution >= 0.6 is 11.6 Å². The van der Waals surface area contributed by atoms with Crippen molar-refractivity contribution in [3.8, 4) is 0 Å². The maximum atomic E-state index is 11.0. The number of hydrogen-bond acceptors (Lipinski definition) is 3. The Bertz CT molecular complexity index is 396. The lowest BCUT2D eigenvalue weighted by Crippen LogP contribution is -2.17. The third kappa shape index (κ3) is 4.24. The largest absolute Gasteiger partial charge is 0.384 e. The lowest BCUT2D eigenvalue weighted by molar-refractivity contribution is 0.100. The number of ether oxygens (including phenoxy) is 1. The normalized spacial score (nSPS) is 12.2. The number of benzene rings is 1. The average Bonchev–Trinajstić information content (AvgIpc) is 2.28. The summed E-state index contributed by atoms with van der Waals surface area (Å²) in [6.07, 6.45) is 0. The fourth-order valence-electron chi connectivity index (χ4n) is 1.44. The molecule has 1 aromatic carbocycles. The van der Waals surface area contributed by atoms with Crippen LogP contribution in [0.3, 0.4) is 0 Å². The van der Waals surface area contributed by atoms with Crippen LogP contribution in [-0.4, -0.2) is 26.2 Å². The van der Waals surface area contributed by atoms with Crippen LogP contribution in [0.2, 0.25) is 5.02 Å². The molecule has 0 aliphatic carbocycles. The zero-order valence-corrected chi connectivity index (χ0v) is 10.8. The second-order valence-corrected chi connectivity index (χ2v) is 4.41. The minimum Gasteiger partial charge on any atom is -0.384 e. The second kappa shape index (κ2) is 6.47. The molecule has 4 nitrogen and oxygen atoms in total. The summed E-state index contributed by atoms with van der Waals surface area (Å²) in [5.41, 5.74) is 6.36. The number of nitrogens with two attached hydrogens (primary N) is 1. The molecule has 0 spiro atoms. The van der Waals surface area contributed by atoms with Gasteiger partial charge < -0.3 is 15.8 Å². The maximum Gasteiger partial charge on any atom is 0.248 e. The molecule has 1 atom stereocenters. The van der Waals surface area contributed by atoms with Crippen molar-refractivity contribution < 1.29 is 9.53 Å². The topological polar surface area (TPSA) is 64.3 Å². The molecule has 0 saturated heterocycles. The van der Waals surface area contributed by atoms with Gasteiger partial charge in [0.05, 0.1) is 17.3 Å². The number of halogens is 1. The van der Waals surface area contributed by atoms with E-state index in [1.807, 2.05) is 0 Å². The van der Waals surface area contributed by atoms with Gasteiger partial charge in [0, 0.05) is 19.2 Å². The van der Waals surface area contributed by atoms with E-state index in [1.54, 1.807) is 25.3 Å². The molecule has 5 heteroatoms. The van der Waals surface area contributed by atoms with E-state index < -0.39 is 5.91 Å². The minimum absolute atomic E-state index is 0.355. The third-order valence-corrected chi connectivity index (χ3v) is 2.67. The molecule has 1 aromatic rings. The Morgan fingerprint density at radius 2 is 2.29 bits per heavy atom. The Labute approximate surface area is 106 Å². The van der Waals surface area contributed by atoms with Crippen molar-refractivity contribution >= 4 is 23.2 Å². The molecule has 1 amide bonds. The van der Waals surface area contributed by atoms with Gasteiger partial charge in [0.25, 0.3) is 0 Å².